The molecule has 154 valence electrons. The van der Waals surface area contributed by atoms with Crippen LogP contribution in [0.2, 0.25) is 0 Å². The fraction of sp³-hybridized carbons (Fsp3) is 0.364. The van der Waals surface area contributed by atoms with Gasteiger partial charge in [0, 0.05) is 39.0 Å². The Hall–Kier alpha value is -2.75. The van der Waals surface area contributed by atoms with Crippen LogP contribution < -0.4 is 0 Å². The second kappa shape index (κ2) is 8.17. The van der Waals surface area contributed by atoms with Crippen LogP contribution in [-0.2, 0) is 21.3 Å². The lowest BCUT2D eigenvalue weighted by Crippen LogP contribution is -2.54. The van der Waals surface area contributed by atoms with Crippen LogP contribution >= 0.6 is 0 Å². The monoisotopic (exact) mass is 422 g/mol. The van der Waals surface area contributed by atoms with E-state index in [1.807, 2.05) is 24.3 Å². The summed E-state index contributed by atoms with van der Waals surface area (Å²) in [6.07, 6.45) is 1.10. The first-order valence-corrected chi connectivity index (χ1v) is 11.3. The van der Waals surface area contributed by atoms with Crippen LogP contribution in [0.3, 0.4) is 0 Å². The average molecular weight is 423 g/mol. The second-order valence-corrected chi connectivity index (χ2v) is 9.30. The van der Waals surface area contributed by atoms with Gasteiger partial charge in [-0.3, -0.25) is 4.90 Å². The Labute approximate surface area is 177 Å². The topological polar surface area (TPSA) is 58.6 Å². The molecule has 2 aliphatic rings. The van der Waals surface area contributed by atoms with Gasteiger partial charge >= 0.3 is 0 Å². The van der Waals surface area contributed by atoms with Crippen molar-refractivity contribution in [1.82, 2.24) is 9.21 Å². The smallest absolute Gasteiger partial charge is 0.236 e. The third-order valence-electron chi connectivity index (χ3n) is 5.82. The maximum absolute atomic E-state index is 13.4. The first-order valence-electron chi connectivity index (χ1n) is 9.81. The number of sulfonamides is 1. The summed E-state index contributed by atoms with van der Waals surface area (Å²) in [6.45, 7) is 17.3. The molecule has 0 unspecified atom stereocenters. The zero-order valence-electron chi connectivity index (χ0n) is 16.5. The molecule has 2 aliphatic heterocycles. The molecule has 0 radical (unpaired) electrons. The van der Waals surface area contributed by atoms with Gasteiger partial charge in [0.25, 0.3) is 0 Å². The maximum Gasteiger partial charge on any atom is 0.236 e. The van der Waals surface area contributed by atoms with Crippen LogP contribution in [0.4, 0.5) is 11.4 Å². The van der Waals surface area contributed by atoms with E-state index < -0.39 is 15.7 Å². The van der Waals surface area contributed by atoms with Crippen molar-refractivity contribution in [1.29, 1.82) is 0 Å². The van der Waals surface area contributed by atoms with E-state index in [2.05, 4.69) is 14.6 Å². The van der Waals surface area contributed by atoms with Crippen molar-refractivity contribution in [3.63, 3.8) is 0 Å². The van der Waals surface area contributed by atoms with Crippen molar-refractivity contribution >= 4 is 21.4 Å². The van der Waals surface area contributed by atoms with Crippen molar-refractivity contribution in [2.75, 3.05) is 26.2 Å². The van der Waals surface area contributed by atoms with Crippen LogP contribution in [0.25, 0.3) is 9.69 Å². The third kappa shape index (κ3) is 3.60. The summed E-state index contributed by atoms with van der Waals surface area (Å²) < 4.78 is 34.3. The zero-order chi connectivity index (χ0) is 21.2. The zero-order valence-corrected chi connectivity index (χ0v) is 17.3. The minimum absolute atomic E-state index is 0.0401. The number of rotatable bonds is 4. The number of nitrogens with zero attached hydrogens (tertiary/aromatic N) is 4. The van der Waals surface area contributed by atoms with Crippen LogP contribution in [0.5, 0.6) is 0 Å². The maximum atomic E-state index is 13.4. The minimum atomic E-state index is -3.84. The Morgan fingerprint density at radius 1 is 0.933 bits per heavy atom. The van der Waals surface area contributed by atoms with E-state index in [4.69, 9.17) is 17.9 Å². The van der Waals surface area contributed by atoms with E-state index in [1.54, 1.807) is 12.1 Å². The Morgan fingerprint density at radius 2 is 1.57 bits per heavy atom. The molecule has 2 aromatic rings. The molecule has 0 amide bonds. The summed E-state index contributed by atoms with van der Waals surface area (Å²) in [5.41, 5.74) is 0.887. The summed E-state index contributed by atoms with van der Waals surface area (Å²) in [6, 6.07) is 13.9. The Kier molecular flexibility index (Phi) is 5.59. The molecule has 0 aliphatic carbocycles. The van der Waals surface area contributed by atoms with Crippen molar-refractivity contribution in [2.24, 2.45) is 0 Å². The number of piperidine rings is 1. The lowest BCUT2D eigenvalue weighted by molar-refractivity contribution is -0.0916. The largest absolute Gasteiger partial charge is 0.358 e. The summed E-state index contributed by atoms with van der Waals surface area (Å²) in [7, 11) is -3.84. The molecular weight excluding hydrogens is 400 g/mol. The molecule has 8 heteroatoms. The molecule has 0 aromatic heterocycles. The highest BCUT2D eigenvalue weighted by Crippen LogP contribution is 2.40. The van der Waals surface area contributed by atoms with E-state index in [1.165, 1.54) is 16.4 Å². The summed E-state index contributed by atoms with van der Waals surface area (Å²) in [5, 5.41) is 0. The number of benzene rings is 2. The number of hydrogen-bond donors (Lipinski definition) is 0. The standard InChI is InChI=1S/C22H22N4O3S/c1-23-19-8-4-3-7-18(19)17-25-13-11-22(12-14-25)26(15-16-29-22)30(27,28)21-10-6-5-9-20(21)24-2/h3-10H,11-17H2. The minimum Gasteiger partial charge on any atom is -0.358 e. The molecule has 30 heavy (non-hydrogen) atoms. The lowest BCUT2D eigenvalue weighted by Gasteiger charge is -2.43. The van der Waals surface area contributed by atoms with Crippen molar-refractivity contribution in [3.8, 4) is 0 Å². The third-order valence-corrected chi connectivity index (χ3v) is 7.81. The van der Waals surface area contributed by atoms with Crippen LogP contribution in [0.1, 0.15) is 18.4 Å². The van der Waals surface area contributed by atoms with Crippen molar-refractivity contribution < 1.29 is 13.2 Å². The van der Waals surface area contributed by atoms with Crippen LogP contribution in [0.15, 0.2) is 53.4 Å². The number of hydrogen-bond acceptors (Lipinski definition) is 4. The first-order chi connectivity index (χ1) is 14.5. The molecule has 0 saturated carbocycles. The Balaban J connectivity index is 1.53. The van der Waals surface area contributed by atoms with Gasteiger partial charge in [-0.05, 0) is 5.56 Å². The predicted molar refractivity (Wildman–Crippen MR) is 112 cm³/mol. The van der Waals surface area contributed by atoms with Crippen molar-refractivity contribution in [3.05, 3.63) is 76.9 Å². The Morgan fingerprint density at radius 3 is 2.27 bits per heavy atom. The van der Waals surface area contributed by atoms with Crippen molar-refractivity contribution in [2.45, 2.75) is 30.0 Å². The Bertz CT molecular complexity index is 1130. The molecular formula is C22H22N4O3S. The highest BCUT2D eigenvalue weighted by Gasteiger charge is 2.50. The van der Waals surface area contributed by atoms with E-state index in [0.717, 1.165) is 5.56 Å². The van der Waals surface area contributed by atoms with Gasteiger partial charge in [-0.2, -0.15) is 4.31 Å². The number of para-hydroxylation sites is 2. The average Bonchev–Trinajstić information content (AvgIpc) is 3.20. The van der Waals surface area contributed by atoms with Gasteiger partial charge in [0.05, 0.1) is 24.6 Å². The number of likely N-dealkylation sites (tertiary alicyclic amines) is 1. The fourth-order valence-electron chi connectivity index (χ4n) is 4.27. The van der Waals surface area contributed by atoms with E-state index in [-0.39, 0.29) is 17.1 Å². The number of ether oxygens (including phenoxy) is 1. The fourth-order valence-corrected chi connectivity index (χ4v) is 6.12. The highest BCUT2D eigenvalue weighted by molar-refractivity contribution is 7.89. The van der Waals surface area contributed by atoms with Gasteiger partial charge in [-0.1, -0.05) is 48.5 Å². The van der Waals surface area contributed by atoms with E-state index in [9.17, 15) is 8.42 Å². The highest BCUT2D eigenvalue weighted by atomic mass is 32.2. The summed E-state index contributed by atoms with van der Waals surface area (Å²) >= 11 is 0. The molecule has 2 fully saturated rings. The van der Waals surface area contributed by atoms with E-state index in [0.29, 0.717) is 44.8 Å². The van der Waals surface area contributed by atoms with E-state index >= 15 is 0 Å². The quantitative estimate of drug-likeness (QED) is 0.704. The van der Waals surface area contributed by atoms with Gasteiger partial charge in [-0.25, -0.2) is 18.1 Å². The second-order valence-electron chi connectivity index (χ2n) is 7.47. The molecule has 2 saturated heterocycles. The lowest BCUT2D eigenvalue weighted by atomic mass is 10.00. The van der Waals surface area contributed by atoms with Gasteiger partial charge in [0.2, 0.25) is 15.7 Å². The molecule has 1 spiro atoms. The molecule has 7 nitrogen and oxygen atoms in total. The molecule has 4 rings (SSSR count). The normalized spacial score (nSPS) is 19.4. The summed E-state index contributed by atoms with van der Waals surface area (Å²) in [4.78, 5) is 9.25. The van der Waals surface area contributed by atoms with Gasteiger partial charge in [0.1, 0.15) is 5.72 Å². The predicted octanol–water partition coefficient (Wildman–Crippen LogP) is 3.80. The van der Waals surface area contributed by atoms with Gasteiger partial charge in [-0.15, -0.1) is 0 Å². The van der Waals surface area contributed by atoms with Gasteiger partial charge < -0.3 is 4.74 Å². The molecule has 2 aromatic carbocycles. The molecule has 0 bridgehead atoms. The SMILES string of the molecule is [C-]#[N+]c1ccccc1CN1CCC2(CC1)OCCN2S(=O)(=O)c1ccccc1[N+]#[C-]. The van der Waals surface area contributed by atoms with Crippen LogP contribution in [-0.4, -0.2) is 49.6 Å². The first kappa shape index (κ1) is 20.5. The molecule has 0 atom stereocenters. The van der Waals surface area contributed by atoms with Crippen LogP contribution in [0, 0.1) is 13.1 Å². The summed E-state index contributed by atoms with van der Waals surface area (Å²) in [5.74, 6) is 0. The molecule has 0 N–H and O–H groups in total. The molecule has 2 heterocycles. The van der Waals surface area contributed by atoms with Gasteiger partial charge in [0.15, 0.2) is 5.69 Å².